The fourth-order valence-corrected chi connectivity index (χ4v) is 3.76. The highest BCUT2D eigenvalue weighted by Gasteiger charge is 2.08. The zero-order valence-electron chi connectivity index (χ0n) is 17.0. The first-order chi connectivity index (χ1) is 14.7. The maximum Gasteiger partial charge on any atom is 0.204 e. The lowest BCUT2D eigenvalue weighted by Crippen LogP contribution is -1.95. The van der Waals surface area contributed by atoms with E-state index in [1.165, 1.54) is 5.56 Å². The molecule has 0 saturated heterocycles. The summed E-state index contributed by atoms with van der Waals surface area (Å²) >= 11 is 1.60. The van der Waals surface area contributed by atoms with Gasteiger partial charge in [-0.15, -0.1) is 11.3 Å². The van der Waals surface area contributed by atoms with Crippen LogP contribution in [0.5, 0.6) is 5.75 Å². The fraction of sp³-hybridized carbons (Fsp3) is 0.120. The minimum atomic E-state index is 0.558. The molecule has 0 aliphatic carbocycles. The van der Waals surface area contributed by atoms with Crippen molar-refractivity contribution in [3.8, 4) is 17.0 Å². The lowest BCUT2D eigenvalue weighted by atomic mass is 10.1. The summed E-state index contributed by atoms with van der Waals surface area (Å²) in [5, 5.41) is 5.10. The van der Waals surface area contributed by atoms with Gasteiger partial charge in [-0.2, -0.15) is 5.10 Å². The zero-order valence-corrected chi connectivity index (χ0v) is 17.8. The minimum Gasteiger partial charge on any atom is -0.489 e. The summed E-state index contributed by atoms with van der Waals surface area (Å²) in [5.41, 5.74) is 8.54. The van der Waals surface area contributed by atoms with E-state index < -0.39 is 0 Å². The highest BCUT2D eigenvalue weighted by molar-refractivity contribution is 7.15. The third-order valence-electron chi connectivity index (χ3n) is 4.62. The van der Waals surface area contributed by atoms with Crippen LogP contribution < -0.4 is 10.2 Å². The van der Waals surface area contributed by atoms with E-state index >= 15 is 0 Å². The van der Waals surface area contributed by atoms with Gasteiger partial charge in [0.2, 0.25) is 5.13 Å². The number of anilines is 1. The van der Waals surface area contributed by atoms with Gasteiger partial charge in [-0.05, 0) is 49.2 Å². The molecule has 0 fully saturated rings. The fourth-order valence-electron chi connectivity index (χ4n) is 2.97. The Kier molecular flexibility index (Phi) is 6.20. The largest absolute Gasteiger partial charge is 0.489 e. The first-order valence-corrected chi connectivity index (χ1v) is 10.6. The number of nitrogens with zero attached hydrogens (tertiary/aromatic N) is 2. The van der Waals surface area contributed by atoms with Gasteiger partial charge in [0.15, 0.2) is 0 Å². The van der Waals surface area contributed by atoms with Crippen LogP contribution in [0.1, 0.15) is 21.6 Å². The van der Waals surface area contributed by atoms with Crippen molar-refractivity contribution >= 4 is 22.7 Å². The number of rotatable bonds is 7. The maximum atomic E-state index is 5.85. The molecule has 1 N–H and O–H groups in total. The number of thiazole rings is 1. The van der Waals surface area contributed by atoms with Gasteiger partial charge in [-0.3, -0.25) is 5.43 Å². The molecule has 0 aliphatic heterocycles. The SMILES string of the molecule is Cc1ccc(COc2ccc(/C=N\Nc3nc(-c4ccccc4)c(C)s3)cc2)cc1. The summed E-state index contributed by atoms with van der Waals surface area (Å²) in [6.07, 6.45) is 1.78. The van der Waals surface area contributed by atoms with Crippen molar-refractivity contribution in [2.24, 2.45) is 5.10 Å². The number of ether oxygens (including phenoxy) is 1. The van der Waals surface area contributed by atoms with Crippen molar-refractivity contribution in [1.82, 2.24) is 4.98 Å². The first-order valence-electron chi connectivity index (χ1n) is 9.78. The molecule has 1 heterocycles. The number of benzene rings is 3. The molecule has 0 spiro atoms. The zero-order chi connectivity index (χ0) is 20.8. The summed E-state index contributed by atoms with van der Waals surface area (Å²) in [5.74, 6) is 0.837. The van der Waals surface area contributed by atoms with Crippen LogP contribution in [-0.4, -0.2) is 11.2 Å². The van der Waals surface area contributed by atoms with Crippen LogP contribution in [0.2, 0.25) is 0 Å². The second kappa shape index (κ2) is 9.37. The van der Waals surface area contributed by atoms with E-state index in [2.05, 4.69) is 65.8 Å². The van der Waals surface area contributed by atoms with Crippen LogP contribution in [0.25, 0.3) is 11.3 Å². The standard InChI is InChI=1S/C25H23N3OS/c1-18-8-10-21(11-9-18)17-29-23-14-12-20(13-15-23)16-26-28-25-27-24(19(2)30-25)22-6-4-3-5-7-22/h3-16H,17H2,1-2H3,(H,27,28)/b26-16-. The normalized spacial score (nSPS) is 11.0. The molecule has 0 bridgehead atoms. The molecule has 0 amide bonds. The molecule has 0 atom stereocenters. The highest BCUT2D eigenvalue weighted by Crippen LogP contribution is 2.30. The van der Waals surface area contributed by atoms with Crippen LogP contribution in [0.15, 0.2) is 84.0 Å². The molecular weight excluding hydrogens is 390 g/mol. The van der Waals surface area contributed by atoms with E-state index in [0.29, 0.717) is 6.61 Å². The summed E-state index contributed by atoms with van der Waals surface area (Å²) in [6.45, 7) is 4.71. The maximum absolute atomic E-state index is 5.85. The van der Waals surface area contributed by atoms with Crippen molar-refractivity contribution < 1.29 is 4.74 Å². The Morgan fingerprint density at radius 2 is 1.67 bits per heavy atom. The first kappa shape index (κ1) is 19.9. The van der Waals surface area contributed by atoms with Crippen LogP contribution in [0.3, 0.4) is 0 Å². The lowest BCUT2D eigenvalue weighted by Gasteiger charge is -2.06. The number of aryl methyl sites for hydroxylation is 2. The van der Waals surface area contributed by atoms with Crippen molar-refractivity contribution in [2.75, 3.05) is 5.43 Å². The van der Waals surface area contributed by atoms with Crippen LogP contribution in [0.4, 0.5) is 5.13 Å². The van der Waals surface area contributed by atoms with E-state index in [1.54, 1.807) is 17.6 Å². The Balaban J connectivity index is 1.33. The van der Waals surface area contributed by atoms with Crippen molar-refractivity contribution in [2.45, 2.75) is 20.5 Å². The predicted octanol–water partition coefficient (Wildman–Crippen LogP) is 6.45. The molecular formula is C25H23N3OS. The quantitative estimate of drug-likeness (QED) is 0.280. The smallest absolute Gasteiger partial charge is 0.204 e. The van der Waals surface area contributed by atoms with Crippen molar-refractivity contribution in [3.63, 3.8) is 0 Å². The van der Waals surface area contributed by atoms with E-state index in [4.69, 9.17) is 4.74 Å². The molecule has 0 radical (unpaired) electrons. The van der Waals surface area contributed by atoms with E-state index in [0.717, 1.165) is 38.1 Å². The second-order valence-electron chi connectivity index (χ2n) is 7.00. The molecule has 1 aromatic heterocycles. The van der Waals surface area contributed by atoms with Gasteiger partial charge >= 0.3 is 0 Å². The number of aromatic nitrogens is 1. The molecule has 4 rings (SSSR count). The molecule has 150 valence electrons. The van der Waals surface area contributed by atoms with E-state index in [1.807, 2.05) is 42.5 Å². The Morgan fingerprint density at radius 1 is 0.933 bits per heavy atom. The molecule has 0 aliphatic rings. The van der Waals surface area contributed by atoms with Gasteiger partial charge in [0.05, 0.1) is 11.9 Å². The molecule has 4 aromatic rings. The third kappa shape index (κ3) is 5.13. The average Bonchev–Trinajstić information content (AvgIpc) is 3.15. The Hall–Kier alpha value is -3.44. The highest BCUT2D eigenvalue weighted by atomic mass is 32.1. The molecule has 5 heteroatoms. The summed E-state index contributed by atoms with van der Waals surface area (Å²) in [7, 11) is 0. The molecule has 0 unspecified atom stereocenters. The Morgan fingerprint density at radius 3 is 2.40 bits per heavy atom. The van der Waals surface area contributed by atoms with Crippen LogP contribution in [-0.2, 0) is 6.61 Å². The number of hydrazone groups is 1. The number of hydrogen-bond donors (Lipinski definition) is 1. The van der Waals surface area contributed by atoms with Gasteiger partial charge in [0.25, 0.3) is 0 Å². The van der Waals surface area contributed by atoms with Gasteiger partial charge in [0.1, 0.15) is 12.4 Å². The Bertz CT molecular complexity index is 1120. The molecule has 30 heavy (non-hydrogen) atoms. The van der Waals surface area contributed by atoms with Gasteiger partial charge in [0, 0.05) is 10.4 Å². The number of nitrogens with one attached hydrogen (secondary N) is 1. The molecule has 4 nitrogen and oxygen atoms in total. The van der Waals surface area contributed by atoms with Crippen LogP contribution in [0, 0.1) is 13.8 Å². The van der Waals surface area contributed by atoms with Gasteiger partial charge in [-0.25, -0.2) is 4.98 Å². The van der Waals surface area contributed by atoms with Crippen molar-refractivity contribution in [1.29, 1.82) is 0 Å². The van der Waals surface area contributed by atoms with Gasteiger partial charge in [-0.1, -0.05) is 60.2 Å². The Labute approximate surface area is 180 Å². The van der Waals surface area contributed by atoms with Gasteiger partial charge < -0.3 is 4.74 Å². The second-order valence-corrected chi connectivity index (χ2v) is 8.21. The molecule has 3 aromatic carbocycles. The predicted molar refractivity (Wildman–Crippen MR) is 125 cm³/mol. The van der Waals surface area contributed by atoms with Crippen molar-refractivity contribution in [3.05, 3.63) is 100 Å². The average molecular weight is 414 g/mol. The summed E-state index contributed by atoms with van der Waals surface area (Å²) < 4.78 is 5.85. The lowest BCUT2D eigenvalue weighted by molar-refractivity contribution is 0.306. The minimum absolute atomic E-state index is 0.558. The van der Waals surface area contributed by atoms with E-state index in [-0.39, 0.29) is 0 Å². The van der Waals surface area contributed by atoms with Crippen LogP contribution >= 0.6 is 11.3 Å². The van der Waals surface area contributed by atoms with E-state index in [9.17, 15) is 0 Å². The summed E-state index contributed by atoms with van der Waals surface area (Å²) in [4.78, 5) is 5.82. The monoisotopic (exact) mass is 413 g/mol. The topological polar surface area (TPSA) is 46.5 Å². The molecule has 0 saturated carbocycles. The third-order valence-corrected chi connectivity index (χ3v) is 5.50. The summed E-state index contributed by atoms with van der Waals surface area (Å²) in [6, 6.07) is 26.4. The number of hydrogen-bond acceptors (Lipinski definition) is 5.